The molecular weight excluding hydrogens is 232 g/mol. The zero-order valence-electron chi connectivity index (χ0n) is 9.71. The van der Waals surface area contributed by atoms with Crippen LogP contribution in [0.25, 0.3) is 0 Å². The van der Waals surface area contributed by atoms with E-state index in [1.54, 1.807) is 23.0 Å². The molecule has 0 fully saturated rings. The standard InChI is InChI=1S/C11H14N6O/c12-16-9-2-3-10(14-8-9)11(18)13-5-7-17-6-1-4-15-17/h1-4,6,8,16H,5,7,12H2,(H,13,18). The number of nitrogens with one attached hydrogen (secondary N) is 2. The monoisotopic (exact) mass is 246 g/mol. The number of anilines is 1. The first-order valence-corrected chi connectivity index (χ1v) is 5.48. The van der Waals surface area contributed by atoms with Gasteiger partial charge in [0.2, 0.25) is 0 Å². The van der Waals surface area contributed by atoms with E-state index in [-0.39, 0.29) is 5.91 Å². The smallest absolute Gasteiger partial charge is 0.269 e. The van der Waals surface area contributed by atoms with Crippen molar-refractivity contribution >= 4 is 11.6 Å². The van der Waals surface area contributed by atoms with Gasteiger partial charge in [-0.3, -0.25) is 15.3 Å². The van der Waals surface area contributed by atoms with Gasteiger partial charge in [0.1, 0.15) is 5.69 Å². The number of hydrogen-bond acceptors (Lipinski definition) is 5. The number of carbonyl (C=O) groups excluding carboxylic acids is 1. The van der Waals surface area contributed by atoms with Crippen molar-refractivity contribution in [2.24, 2.45) is 5.84 Å². The van der Waals surface area contributed by atoms with Gasteiger partial charge >= 0.3 is 0 Å². The summed E-state index contributed by atoms with van der Waals surface area (Å²) in [5.74, 6) is 4.99. The van der Waals surface area contributed by atoms with Crippen molar-refractivity contribution in [3.8, 4) is 0 Å². The molecule has 0 saturated heterocycles. The van der Waals surface area contributed by atoms with E-state index in [9.17, 15) is 4.79 Å². The molecule has 0 atom stereocenters. The predicted octanol–water partition coefficient (Wildman–Crippen LogP) is -0.00630. The van der Waals surface area contributed by atoms with Crippen LogP contribution in [-0.4, -0.2) is 27.2 Å². The van der Waals surface area contributed by atoms with Crippen molar-refractivity contribution in [3.63, 3.8) is 0 Å². The number of amides is 1. The number of nitrogens with two attached hydrogens (primary N) is 1. The van der Waals surface area contributed by atoms with E-state index in [4.69, 9.17) is 5.84 Å². The maximum atomic E-state index is 11.7. The lowest BCUT2D eigenvalue weighted by Crippen LogP contribution is -2.28. The average molecular weight is 246 g/mol. The summed E-state index contributed by atoms with van der Waals surface area (Å²) in [5, 5.41) is 6.80. The summed E-state index contributed by atoms with van der Waals surface area (Å²) in [4.78, 5) is 15.7. The van der Waals surface area contributed by atoms with Crippen LogP contribution < -0.4 is 16.6 Å². The van der Waals surface area contributed by atoms with Crippen LogP contribution in [0.2, 0.25) is 0 Å². The summed E-state index contributed by atoms with van der Waals surface area (Å²) in [6.07, 6.45) is 5.04. The molecule has 2 rings (SSSR count). The van der Waals surface area contributed by atoms with Gasteiger partial charge in [0.25, 0.3) is 5.91 Å². The highest BCUT2D eigenvalue weighted by molar-refractivity contribution is 5.92. The molecule has 0 aliphatic carbocycles. The second-order valence-electron chi connectivity index (χ2n) is 3.60. The molecule has 0 spiro atoms. The second kappa shape index (κ2) is 5.78. The van der Waals surface area contributed by atoms with Gasteiger partial charge in [-0.15, -0.1) is 0 Å². The molecular formula is C11H14N6O. The SMILES string of the molecule is NNc1ccc(C(=O)NCCn2cccn2)nc1. The van der Waals surface area contributed by atoms with Crippen molar-refractivity contribution in [1.82, 2.24) is 20.1 Å². The maximum absolute atomic E-state index is 11.7. The Kier molecular flexibility index (Phi) is 3.87. The molecule has 1 amide bonds. The minimum atomic E-state index is -0.217. The van der Waals surface area contributed by atoms with Crippen LogP contribution in [0, 0.1) is 0 Å². The van der Waals surface area contributed by atoms with Crippen molar-refractivity contribution < 1.29 is 4.79 Å². The van der Waals surface area contributed by atoms with Gasteiger partial charge in [-0.2, -0.15) is 5.10 Å². The number of hydrogen-bond donors (Lipinski definition) is 3. The fourth-order valence-electron chi connectivity index (χ4n) is 1.42. The molecule has 0 unspecified atom stereocenters. The Labute approximate surface area is 104 Å². The molecule has 7 heteroatoms. The number of pyridine rings is 1. The van der Waals surface area contributed by atoms with Crippen LogP contribution in [0.3, 0.4) is 0 Å². The van der Waals surface area contributed by atoms with Gasteiger partial charge in [0.15, 0.2) is 0 Å². The lowest BCUT2D eigenvalue weighted by Gasteiger charge is -2.05. The molecule has 0 saturated carbocycles. The Bertz CT molecular complexity index is 493. The van der Waals surface area contributed by atoms with Gasteiger partial charge in [-0.25, -0.2) is 4.98 Å². The molecule has 0 aliphatic heterocycles. The molecule has 4 N–H and O–H groups in total. The van der Waals surface area contributed by atoms with E-state index < -0.39 is 0 Å². The Hall–Kier alpha value is -2.41. The van der Waals surface area contributed by atoms with Crippen molar-refractivity contribution in [2.45, 2.75) is 6.54 Å². The van der Waals surface area contributed by atoms with Gasteiger partial charge in [0.05, 0.1) is 18.4 Å². The molecule has 7 nitrogen and oxygen atoms in total. The molecule has 0 bridgehead atoms. The fraction of sp³-hybridized carbons (Fsp3) is 0.182. The van der Waals surface area contributed by atoms with E-state index in [1.165, 1.54) is 6.20 Å². The van der Waals surface area contributed by atoms with Crippen molar-refractivity contribution in [2.75, 3.05) is 12.0 Å². The maximum Gasteiger partial charge on any atom is 0.269 e. The molecule has 2 heterocycles. The third kappa shape index (κ3) is 3.05. The zero-order chi connectivity index (χ0) is 12.8. The number of carbonyl (C=O) groups is 1. The first-order valence-electron chi connectivity index (χ1n) is 5.48. The normalized spacial score (nSPS) is 10.1. The van der Waals surface area contributed by atoms with Crippen LogP contribution in [0.5, 0.6) is 0 Å². The molecule has 94 valence electrons. The quantitative estimate of drug-likeness (QED) is 0.509. The van der Waals surface area contributed by atoms with Crippen LogP contribution >= 0.6 is 0 Å². The Morgan fingerprint density at radius 2 is 2.33 bits per heavy atom. The Morgan fingerprint density at radius 3 is 2.94 bits per heavy atom. The lowest BCUT2D eigenvalue weighted by molar-refractivity contribution is 0.0947. The van der Waals surface area contributed by atoms with Crippen molar-refractivity contribution in [3.05, 3.63) is 42.5 Å². The summed E-state index contributed by atoms with van der Waals surface area (Å²) in [6, 6.07) is 5.13. The van der Waals surface area contributed by atoms with Crippen LogP contribution in [0.15, 0.2) is 36.8 Å². The number of nitrogen functional groups attached to an aromatic ring is 1. The third-order valence-electron chi connectivity index (χ3n) is 2.35. The van der Waals surface area contributed by atoms with Crippen molar-refractivity contribution in [1.29, 1.82) is 0 Å². The fourth-order valence-corrected chi connectivity index (χ4v) is 1.42. The van der Waals surface area contributed by atoms with E-state index in [0.29, 0.717) is 24.5 Å². The van der Waals surface area contributed by atoms with E-state index in [2.05, 4.69) is 20.8 Å². The minimum absolute atomic E-state index is 0.217. The minimum Gasteiger partial charge on any atom is -0.349 e. The van der Waals surface area contributed by atoms with Gasteiger partial charge < -0.3 is 10.7 Å². The first-order chi connectivity index (χ1) is 8.79. The average Bonchev–Trinajstić information content (AvgIpc) is 2.92. The highest BCUT2D eigenvalue weighted by atomic mass is 16.1. The summed E-state index contributed by atoms with van der Waals surface area (Å²) < 4.78 is 1.75. The molecule has 0 radical (unpaired) electrons. The van der Waals surface area contributed by atoms with E-state index >= 15 is 0 Å². The number of aromatic nitrogens is 3. The van der Waals surface area contributed by atoms with Crippen LogP contribution in [0.4, 0.5) is 5.69 Å². The summed E-state index contributed by atoms with van der Waals surface area (Å²) in [7, 11) is 0. The molecule has 0 aliphatic rings. The molecule has 18 heavy (non-hydrogen) atoms. The topological polar surface area (TPSA) is 97.9 Å². The largest absolute Gasteiger partial charge is 0.349 e. The lowest BCUT2D eigenvalue weighted by atomic mass is 10.3. The zero-order valence-corrected chi connectivity index (χ0v) is 9.71. The number of rotatable bonds is 5. The first kappa shape index (κ1) is 12.1. The Balaban J connectivity index is 1.83. The Morgan fingerprint density at radius 1 is 1.44 bits per heavy atom. The summed E-state index contributed by atoms with van der Waals surface area (Å²) in [6.45, 7) is 1.13. The van der Waals surface area contributed by atoms with Gasteiger partial charge in [0, 0.05) is 18.9 Å². The number of nitrogens with zero attached hydrogens (tertiary/aromatic N) is 3. The third-order valence-corrected chi connectivity index (χ3v) is 2.35. The summed E-state index contributed by atoms with van der Waals surface area (Å²) >= 11 is 0. The second-order valence-corrected chi connectivity index (χ2v) is 3.60. The molecule has 0 aromatic carbocycles. The predicted molar refractivity (Wildman–Crippen MR) is 66.6 cm³/mol. The van der Waals surface area contributed by atoms with Crippen LogP contribution in [-0.2, 0) is 6.54 Å². The van der Waals surface area contributed by atoms with Gasteiger partial charge in [-0.05, 0) is 18.2 Å². The number of hydrazine groups is 1. The van der Waals surface area contributed by atoms with E-state index in [0.717, 1.165) is 0 Å². The van der Waals surface area contributed by atoms with Gasteiger partial charge in [-0.1, -0.05) is 0 Å². The highest BCUT2D eigenvalue weighted by Gasteiger charge is 2.05. The molecule has 2 aromatic rings. The van der Waals surface area contributed by atoms with E-state index in [1.807, 2.05) is 12.3 Å². The highest BCUT2D eigenvalue weighted by Crippen LogP contribution is 2.03. The molecule has 2 aromatic heterocycles. The summed E-state index contributed by atoms with van der Waals surface area (Å²) in [5.41, 5.74) is 3.46. The van der Waals surface area contributed by atoms with Crippen LogP contribution in [0.1, 0.15) is 10.5 Å².